The van der Waals surface area contributed by atoms with E-state index in [9.17, 15) is 14.7 Å². The van der Waals surface area contributed by atoms with Crippen molar-refractivity contribution in [2.24, 2.45) is 0 Å². The van der Waals surface area contributed by atoms with Gasteiger partial charge in [-0.15, -0.1) is 0 Å². The molecular weight excluding hydrogens is 232 g/mol. The number of carboxylic acid groups (broad SMARTS) is 2. The van der Waals surface area contributed by atoms with Crippen LogP contribution in [-0.2, 0) is 15.0 Å². The van der Waals surface area contributed by atoms with Crippen molar-refractivity contribution >= 4 is 11.9 Å². The van der Waals surface area contributed by atoms with Crippen molar-refractivity contribution in [1.29, 1.82) is 0 Å². The van der Waals surface area contributed by atoms with E-state index >= 15 is 0 Å². The molecule has 1 aliphatic rings. The number of allylic oxidation sites excluding steroid dienone is 2. The van der Waals surface area contributed by atoms with E-state index in [1.165, 1.54) is 18.2 Å². The molecule has 0 spiro atoms. The SMILES string of the molecule is O=C(O)C1=CC=CC(C(=O)O)(c2ccccc2)C1. The average Bonchev–Trinajstić information content (AvgIpc) is 2.39. The first-order valence-corrected chi connectivity index (χ1v) is 5.47. The molecular formula is C14H12O4. The molecule has 1 aromatic carbocycles. The first kappa shape index (κ1) is 12.1. The maximum atomic E-state index is 11.6. The van der Waals surface area contributed by atoms with Crippen LogP contribution >= 0.6 is 0 Å². The fourth-order valence-corrected chi connectivity index (χ4v) is 2.10. The van der Waals surface area contributed by atoms with Gasteiger partial charge in [0.25, 0.3) is 0 Å². The molecule has 0 radical (unpaired) electrons. The zero-order valence-electron chi connectivity index (χ0n) is 9.54. The molecule has 1 unspecified atom stereocenters. The van der Waals surface area contributed by atoms with E-state index in [0.717, 1.165) is 0 Å². The molecule has 18 heavy (non-hydrogen) atoms. The lowest BCUT2D eigenvalue weighted by molar-refractivity contribution is -0.142. The Labute approximate surface area is 104 Å². The molecule has 0 saturated carbocycles. The minimum atomic E-state index is -1.29. The lowest BCUT2D eigenvalue weighted by Gasteiger charge is -2.28. The number of hydrogen-bond acceptors (Lipinski definition) is 2. The normalized spacial score (nSPS) is 22.3. The second-order valence-electron chi connectivity index (χ2n) is 4.18. The highest BCUT2D eigenvalue weighted by atomic mass is 16.4. The maximum Gasteiger partial charge on any atom is 0.331 e. The van der Waals surface area contributed by atoms with Crippen LogP contribution in [0, 0.1) is 0 Å². The Morgan fingerprint density at radius 1 is 1.11 bits per heavy atom. The number of aliphatic carboxylic acids is 2. The largest absolute Gasteiger partial charge is 0.480 e. The molecule has 92 valence electrons. The minimum Gasteiger partial charge on any atom is -0.480 e. The van der Waals surface area contributed by atoms with Gasteiger partial charge in [0, 0.05) is 12.0 Å². The number of benzene rings is 1. The van der Waals surface area contributed by atoms with E-state index in [0.29, 0.717) is 5.56 Å². The van der Waals surface area contributed by atoms with Gasteiger partial charge in [0.2, 0.25) is 0 Å². The Kier molecular flexibility index (Phi) is 3.02. The van der Waals surface area contributed by atoms with Crippen LogP contribution in [0.4, 0.5) is 0 Å². The van der Waals surface area contributed by atoms with E-state index in [2.05, 4.69) is 0 Å². The van der Waals surface area contributed by atoms with Crippen molar-refractivity contribution in [3.63, 3.8) is 0 Å². The third kappa shape index (κ3) is 1.93. The first-order valence-electron chi connectivity index (χ1n) is 5.47. The van der Waals surface area contributed by atoms with E-state index in [-0.39, 0.29) is 12.0 Å². The summed E-state index contributed by atoms with van der Waals surface area (Å²) in [5, 5.41) is 18.5. The maximum absolute atomic E-state index is 11.6. The third-order valence-electron chi connectivity index (χ3n) is 3.09. The smallest absolute Gasteiger partial charge is 0.331 e. The fraction of sp³-hybridized carbons (Fsp3) is 0.143. The van der Waals surface area contributed by atoms with Crippen molar-refractivity contribution < 1.29 is 19.8 Å². The molecule has 1 atom stereocenters. The molecule has 0 fully saturated rings. The monoisotopic (exact) mass is 244 g/mol. The molecule has 0 bridgehead atoms. The molecule has 2 N–H and O–H groups in total. The van der Waals surface area contributed by atoms with Crippen molar-refractivity contribution in [2.75, 3.05) is 0 Å². The van der Waals surface area contributed by atoms with Gasteiger partial charge in [-0.1, -0.05) is 48.6 Å². The van der Waals surface area contributed by atoms with Gasteiger partial charge in [0.05, 0.1) is 0 Å². The lowest BCUT2D eigenvalue weighted by atomic mass is 9.73. The van der Waals surface area contributed by atoms with Gasteiger partial charge >= 0.3 is 11.9 Å². The summed E-state index contributed by atoms with van der Waals surface area (Å²) in [6, 6.07) is 8.67. The highest BCUT2D eigenvalue weighted by molar-refractivity contribution is 5.92. The highest BCUT2D eigenvalue weighted by Crippen LogP contribution is 2.36. The topological polar surface area (TPSA) is 74.6 Å². The van der Waals surface area contributed by atoms with Crippen LogP contribution in [0.15, 0.2) is 54.1 Å². The van der Waals surface area contributed by atoms with Gasteiger partial charge in [-0.3, -0.25) is 4.79 Å². The molecule has 2 rings (SSSR count). The molecule has 1 aliphatic carbocycles. The zero-order chi connectivity index (χ0) is 13.2. The summed E-state index contributed by atoms with van der Waals surface area (Å²) in [5.74, 6) is -2.13. The van der Waals surface area contributed by atoms with Gasteiger partial charge in [-0.2, -0.15) is 0 Å². The van der Waals surface area contributed by atoms with Crippen LogP contribution in [0.2, 0.25) is 0 Å². The Bertz CT molecular complexity index is 542. The summed E-state index contributed by atoms with van der Waals surface area (Å²) >= 11 is 0. The second-order valence-corrected chi connectivity index (χ2v) is 4.18. The van der Waals surface area contributed by atoms with Crippen molar-refractivity contribution in [3.8, 4) is 0 Å². The van der Waals surface area contributed by atoms with Gasteiger partial charge in [-0.05, 0) is 5.56 Å². The molecule has 4 nitrogen and oxygen atoms in total. The Morgan fingerprint density at radius 3 is 2.33 bits per heavy atom. The van der Waals surface area contributed by atoms with Gasteiger partial charge < -0.3 is 10.2 Å². The molecule has 0 amide bonds. The van der Waals surface area contributed by atoms with Crippen LogP contribution in [0.3, 0.4) is 0 Å². The molecule has 1 aromatic rings. The standard InChI is InChI=1S/C14H12O4/c15-12(16)10-5-4-8-14(9-10,13(17)18)11-6-2-1-3-7-11/h1-8H,9H2,(H,15,16)(H,17,18). The van der Waals surface area contributed by atoms with Crippen molar-refractivity contribution in [3.05, 3.63) is 59.7 Å². The predicted octanol–water partition coefficient (Wildman–Crippen LogP) is 1.98. The molecule has 4 heteroatoms. The minimum absolute atomic E-state index is 0.0435. The van der Waals surface area contributed by atoms with Crippen LogP contribution in [0.1, 0.15) is 12.0 Å². The van der Waals surface area contributed by atoms with Gasteiger partial charge in [-0.25, -0.2) is 4.79 Å². The number of rotatable bonds is 3. The Hall–Kier alpha value is -2.36. The molecule has 0 heterocycles. The van der Waals surface area contributed by atoms with E-state index < -0.39 is 17.4 Å². The summed E-state index contributed by atoms with van der Waals surface area (Å²) < 4.78 is 0. The van der Waals surface area contributed by atoms with Crippen LogP contribution in [-0.4, -0.2) is 22.2 Å². The summed E-state index contributed by atoms with van der Waals surface area (Å²) in [7, 11) is 0. The van der Waals surface area contributed by atoms with E-state index in [1.54, 1.807) is 30.3 Å². The number of hydrogen-bond donors (Lipinski definition) is 2. The average molecular weight is 244 g/mol. The predicted molar refractivity (Wildman–Crippen MR) is 65.2 cm³/mol. The van der Waals surface area contributed by atoms with E-state index in [4.69, 9.17) is 5.11 Å². The highest BCUT2D eigenvalue weighted by Gasteiger charge is 2.40. The lowest BCUT2D eigenvalue weighted by Crippen LogP contribution is -2.36. The fourth-order valence-electron chi connectivity index (χ4n) is 2.10. The van der Waals surface area contributed by atoms with Crippen molar-refractivity contribution in [1.82, 2.24) is 0 Å². The molecule has 0 aromatic heterocycles. The molecule has 0 aliphatic heterocycles. The van der Waals surface area contributed by atoms with Crippen molar-refractivity contribution in [2.45, 2.75) is 11.8 Å². The second kappa shape index (κ2) is 4.49. The third-order valence-corrected chi connectivity index (χ3v) is 3.09. The summed E-state index contributed by atoms with van der Waals surface area (Å²) in [6.45, 7) is 0. The summed E-state index contributed by atoms with van der Waals surface area (Å²) in [4.78, 5) is 22.6. The quantitative estimate of drug-likeness (QED) is 0.852. The summed E-state index contributed by atoms with van der Waals surface area (Å²) in [5.41, 5.74) is -0.603. The number of carboxylic acids is 2. The van der Waals surface area contributed by atoms with Crippen LogP contribution < -0.4 is 0 Å². The van der Waals surface area contributed by atoms with Crippen LogP contribution in [0.5, 0.6) is 0 Å². The molecule has 0 saturated heterocycles. The Balaban J connectivity index is 2.49. The zero-order valence-corrected chi connectivity index (χ0v) is 9.54. The van der Waals surface area contributed by atoms with Gasteiger partial charge in [0.1, 0.15) is 5.41 Å². The number of carbonyl (C=O) groups is 2. The van der Waals surface area contributed by atoms with Gasteiger partial charge in [0.15, 0.2) is 0 Å². The first-order chi connectivity index (χ1) is 8.56. The Morgan fingerprint density at radius 2 is 1.78 bits per heavy atom. The van der Waals surface area contributed by atoms with Crippen LogP contribution in [0.25, 0.3) is 0 Å². The summed E-state index contributed by atoms with van der Waals surface area (Å²) in [6.07, 6.45) is 4.43. The van der Waals surface area contributed by atoms with E-state index in [1.807, 2.05) is 0 Å².